The highest BCUT2D eigenvalue weighted by Gasteiger charge is 2.47. The largest absolute Gasteiger partial charge is 0.351 e. The predicted molar refractivity (Wildman–Crippen MR) is 157 cm³/mol. The molecule has 4 atom stereocenters. The Hall–Kier alpha value is -3.20. The van der Waals surface area contributed by atoms with Gasteiger partial charge in [0.05, 0.1) is 24.1 Å². The molecule has 2 aliphatic heterocycles. The minimum Gasteiger partial charge on any atom is -0.351 e. The van der Waals surface area contributed by atoms with Gasteiger partial charge in [0.1, 0.15) is 35.2 Å². The SMILES string of the molecule is CN1C[C@H](F)C[C@H]1COC1(CC#N)CNCC(Cl)N1c1ncnc2c(F)c(-c3cccc4ccc(F)c(Cl)c34)ccc12. The van der Waals surface area contributed by atoms with E-state index in [-0.39, 0.29) is 41.7 Å². The highest BCUT2D eigenvalue weighted by Crippen LogP contribution is 2.41. The van der Waals surface area contributed by atoms with Gasteiger partial charge in [-0.1, -0.05) is 53.5 Å². The lowest BCUT2D eigenvalue weighted by molar-refractivity contribution is -0.0694. The van der Waals surface area contributed by atoms with Crippen LogP contribution in [0, 0.1) is 23.0 Å². The molecular formula is C30H27Cl2F3N6O. The lowest BCUT2D eigenvalue weighted by Gasteiger charge is -2.49. The van der Waals surface area contributed by atoms with Gasteiger partial charge in [0, 0.05) is 42.0 Å². The molecule has 1 aromatic heterocycles. The van der Waals surface area contributed by atoms with Crippen LogP contribution in [0.2, 0.25) is 5.02 Å². The molecular weight excluding hydrogens is 588 g/mol. The minimum atomic E-state index is -1.26. The van der Waals surface area contributed by atoms with E-state index in [2.05, 4.69) is 21.4 Å². The molecule has 7 nitrogen and oxygen atoms in total. The van der Waals surface area contributed by atoms with Gasteiger partial charge in [-0.2, -0.15) is 5.26 Å². The third-order valence-electron chi connectivity index (χ3n) is 8.15. The molecule has 6 rings (SSSR count). The van der Waals surface area contributed by atoms with Gasteiger partial charge in [-0.3, -0.25) is 4.90 Å². The summed E-state index contributed by atoms with van der Waals surface area (Å²) in [5.74, 6) is -0.945. The standard InChI is InChI=1S/C30H27Cl2F3N6O/c1-40-13-18(33)11-19(40)14-42-30(9-10-36)15-37-12-24(31)41(30)29-22-7-6-21(27(35)28(22)38-16-39-29)20-4-2-3-17-5-8-23(34)26(32)25(17)20/h2-8,16,18-19,24,37H,9,11-15H2,1H3/t18-,19+,24?,30?/m1/s1. The molecule has 1 N–H and O–H groups in total. The zero-order chi connectivity index (χ0) is 29.6. The third-order valence-corrected chi connectivity index (χ3v) is 8.87. The van der Waals surface area contributed by atoms with Crippen LogP contribution >= 0.6 is 23.2 Å². The average Bonchev–Trinajstić information content (AvgIpc) is 3.30. The van der Waals surface area contributed by atoms with Crippen LogP contribution in [0.15, 0.2) is 48.8 Å². The Morgan fingerprint density at radius 1 is 1.17 bits per heavy atom. The van der Waals surface area contributed by atoms with Crippen molar-refractivity contribution in [3.8, 4) is 17.2 Å². The summed E-state index contributed by atoms with van der Waals surface area (Å²) in [6.07, 6.45) is 0.531. The molecule has 0 aliphatic carbocycles. The van der Waals surface area contributed by atoms with Crippen LogP contribution in [-0.2, 0) is 4.74 Å². The van der Waals surface area contributed by atoms with Crippen molar-refractivity contribution in [1.29, 1.82) is 5.26 Å². The number of hydrogen-bond acceptors (Lipinski definition) is 7. The number of halogens is 5. The fourth-order valence-electron chi connectivity index (χ4n) is 6.06. The molecule has 0 bridgehead atoms. The zero-order valence-electron chi connectivity index (χ0n) is 22.6. The van der Waals surface area contributed by atoms with Gasteiger partial charge in [0.2, 0.25) is 0 Å². The van der Waals surface area contributed by atoms with E-state index in [4.69, 9.17) is 27.9 Å². The van der Waals surface area contributed by atoms with Gasteiger partial charge >= 0.3 is 0 Å². The fourth-order valence-corrected chi connectivity index (χ4v) is 6.71. The van der Waals surface area contributed by atoms with Crippen LogP contribution in [0.3, 0.4) is 0 Å². The van der Waals surface area contributed by atoms with Crippen molar-refractivity contribution in [2.75, 3.05) is 38.2 Å². The van der Waals surface area contributed by atoms with E-state index in [9.17, 15) is 14.0 Å². The first kappa shape index (κ1) is 28.9. The Labute approximate surface area is 250 Å². The first-order chi connectivity index (χ1) is 20.2. The van der Waals surface area contributed by atoms with E-state index >= 15 is 4.39 Å². The van der Waals surface area contributed by atoms with Crippen LogP contribution in [0.25, 0.3) is 32.8 Å². The summed E-state index contributed by atoms with van der Waals surface area (Å²) < 4.78 is 51.2. The summed E-state index contributed by atoms with van der Waals surface area (Å²) in [4.78, 5) is 12.3. The average molecular weight is 615 g/mol. The molecule has 0 spiro atoms. The summed E-state index contributed by atoms with van der Waals surface area (Å²) >= 11 is 13.2. The second-order valence-electron chi connectivity index (χ2n) is 10.7. The van der Waals surface area contributed by atoms with Crippen LogP contribution in [-0.4, -0.2) is 71.6 Å². The van der Waals surface area contributed by atoms with Crippen LogP contribution in [0.1, 0.15) is 12.8 Å². The van der Waals surface area contributed by atoms with Gasteiger partial charge in [0.15, 0.2) is 11.5 Å². The molecule has 42 heavy (non-hydrogen) atoms. The first-order valence-electron chi connectivity index (χ1n) is 13.5. The number of nitrogens with one attached hydrogen (secondary N) is 1. The lowest BCUT2D eigenvalue weighted by Crippen LogP contribution is -2.66. The second kappa shape index (κ2) is 11.5. The van der Waals surface area contributed by atoms with E-state index in [0.29, 0.717) is 47.1 Å². The minimum absolute atomic E-state index is 0.0195. The highest BCUT2D eigenvalue weighted by atomic mass is 35.5. The van der Waals surface area contributed by atoms with Gasteiger partial charge in [-0.15, -0.1) is 0 Å². The quantitative estimate of drug-likeness (QED) is 0.210. The van der Waals surface area contributed by atoms with Gasteiger partial charge in [-0.25, -0.2) is 23.1 Å². The molecule has 4 aromatic rings. The number of alkyl halides is 2. The molecule has 2 unspecified atom stereocenters. The van der Waals surface area contributed by atoms with Crippen molar-refractivity contribution in [1.82, 2.24) is 20.2 Å². The van der Waals surface area contributed by atoms with Gasteiger partial charge < -0.3 is 15.0 Å². The molecule has 3 heterocycles. The molecule has 2 fully saturated rings. The number of ether oxygens (including phenoxy) is 1. The van der Waals surface area contributed by atoms with Crippen molar-refractivity contribution in [2.24, 2.45) is 0 Å². The van der Waals surface area contributed by atoms with Gasteiger partial charge in [-0.05, 0) is 36.6 Å². The number of piperazine rings is 1. The summed E-state index contributed by atoms with van der Waals surface area (Å²) in [6.45, 7) is 1.07. The number of nitrogens with zero attached hydrogens (tertiary/aromatic N) is 5. The van der Waals surface area contributed by atoms with Crippen molar-refractivity contribution < 1.29 is 17.9 Å². The number of rotatable bonds is 6. The summed E-state index contributed by atoms with van der Waals surface area (Å²) in [6, 6.07) is 13.4. The maximum atomic E-state index is 16.3. The monoisotopic (exact) mass is 614 g/mol. The molecule has 12 heteroatoms. The Morgan fingerprint density at radius 3 is 2.76 bits per heavy atom. The molecule has 0 amide bonds. The van der Waals surface area contributed by atoms with Crippen LogP contribution < -0.4 is 10.2 Å². The molecule has 0 saturated carbocycles. The van der Waals surface area contributed by atoms with E-state index in [0.717, 1.165) is 0 Å². The van der Waals surface area contributed by atoms with Crippen molar-refractivity contribution >= 4 is 50.7 Å². The number of aromatic nitrogens is 2. The van der Waals surface area contributed by atoms with Crippen molar-refractivity contribution in [3.63, 3.8) is 0 Å². The Balaban J connectivity index is 1.45. The predicted octanol–water partition coefficient (Wildman–Crippen LogP) is 6.02. The Morgan fingerprint density at radius 2 is 2.00 bits per heavy atom. The number of hydrogen-bond donors (Lipinski definition) is 1. The van der Waals surface area contributed by atoms with Gasteiger partial charge in [0.25, 0.3) is 0 Å². The summed E-state index contributed by atoms with van der Waals surface area (Å²) in [5.41, 5.74) is -1.33. The van der Waals surface area contributed by atoms with E-state index in [1.807, 2.05) is 11.9 Å². The number of benzene rings is 3. The van der Waals surface area contributed by atoms with E-state index in [1.54, 1.807) is 41.3 Å². The molecule has 2 aliphatic rings. The number of nitriles is 1. The van der Waals surface area contributed by atoms with E-state index in [1.165, 1.54) is 12.4 Å². The maximum absolute atomic E-state index is 16.3. The second-order valence-corrected chi connectivity index (χ2v) is 11.6. The molecule has 3 aromatic carbocycles. The Kier molecular flexibility index (Phi) is 7.89. The lowest BCUT2D eigenvalue weighted by atomic mass is 9.96. The Bertz CT molecular complexity index is 1700. The smallest absolute Gasteiger partial charge is 0.169 e. The normalized spacial score (nSPS) is 24.9. The molecule has 218 valence electrons. The zero-order valence-corrected chi connectivity index (χ0v) is 24.1. The number of likely N-dealkylation sites (tertiary alicyclic amines) is 1. The number of fused-ring (bicyclic) bond motifs is 2. The first-order valence-corrected chi connectivity index (χ1v) is 14.3. The third kappa shape index (κ3) is 4.93. The highest BCUT2D eigenvalue weighted by molar-refractivity contribution is 6.37. The van der Waals surface area contributed by atoms with Crippen LogP contribution in [0.5, 0.6) is 0 Å². The van der Waals surface area contributed by atoms with Crippen molar-refractivity contribution in [3.05, 3.63) is 65.4 Å². The maximum Gasteiger partial charge on any atom is 0.169 e. The topological polar surface area (TPSA) is 77.3 Å². The number of anilines is 1. The van der Waals surface area contributed by atoms with Crippen molar-refractivity contribution in [2.45, 2.75) is 36.3 Å². The molecule has 0 radical (unpaired) electrons. The van der Waals surface area contributed by atoms with Crippen LogP contribution in [0.4, 0.5) is 19.0 Å². The summed E-state index contributed by atoms with van der Waals surface area (Å²) in [7, 11) is 1.83. The summed E-state index contributed by atoms with van der Waals surface area (Å²) in [5, 5.41) is 14.4. The number of likely N-dealkylation sites (N-methyl/N-ethyl adjacent to an activating group) is 1. The fraction of sp³-hybridized carbons (Fsp3) is 0.367. The molecule has 2 saturated heterocycles. The van der Waals surface area contributed by atoms with E-state index < -0.39 is 29.0 Å².